The molecule has 0 aliphatic heterocycles. The van der Waals surface area contributed by atoms with Crippen LogP contribution in [0.3, 0.4) is 0 Å². The van der Waals surface area contributed by atoms with Gasteiger partial charge in [-0.15, -0.1) is 0 Å². The fraction of sp³-hybridized carbons (Fsp3) is 0.800. The van der Waals surface area contributed by atoms with Crippen LogP contribution in [0, 0.1) is 0 Å². The zero-order chi connectivity index (χ0) is 15.0. The van der Waals surface area contributed by atoms with E-state index in [0.29, 0.717) is 0 Å². The molecule has 1 heterocycles. The second-order valence-corrected chi connectivity index (χ2v) is 5.63. The van der Waals surface area contributed by atoms with Gasteiger partial charge in [-0.3, -0.25) is 0 Å². The van der Waals surface area contributed by atoms with Crippen LogP contribution in [0.25, 0.3) is 0 Å². The van der Waals surface area contributed by atoms with Gasteiger partial charge in [-0.25, -0.2) is 15.0 Å². The topological polar surface area (TPSA) is 38.7 Å². The Hall–Kier alpha value is -0.990. The zero-order valence-corrected chi connectivity index (χ0v) is 13.9. The highest BCUT2D eigenvalue weighted by atomic mass is 15.0. The van der Waals surface area contributed by atoms with Gasteiger partial charge in [0.05, 0.1) is 0 Å². The van der Waals surface area contributed by atoms with Crippen molar-refractivity contribution in [2.75, 3.05) is 0 Å². The van der Waals surface area contributed by atoms with Gasteiger partial charge in [0.25, 0.3) is 0 Å². The van der Waals surface area contributed by atoms with Crippen molar-refractivity contribution in [1.29, 1.82) is 0 Å². The molecule has 0 saturated carbocycles. The number of hydrogen-bond donors (Lipinski definition) is 0. The third-order valence-corrected chi connectivity index (χ3v) is 1.91. The molecule has 0 atom stereocenters. The van der Waals surface area contributed by atoms with Crippen LogP contribution < -0.4 is 0 Å². The standard InChI is InChI=1S/C11H19N3.2C2H6/c1-10(2,3)8-12-7-13-9(14-8)11(4,5)6;2*1-2/h7H,1-6H3;2*1-2H3. The van der Waals surface area contributed by atoms with Crippen molar-refractivity contribution in [1.82, 2.24) is 15.0 Å². The Morgan fingerprint density at radius 1 is 0.667 bits per heavy atom. The summed E-state index contributed by atoms with van der Waals surface area (Å²) in [6, 6.07) is 0. The van der Waals surface area contributed by atoms with E-state index in [1.54, 1.807) is 6.33 Å². The predicted octanol–water partition coefficient (Wildman–Crippen LogP) is 4.52. The summed E-state index contributed by atoms with van der Waals surface area (Å²) in [7, 11) is 0. The molecule has 3 heteroatoms. The fourth-order valence-corrected chi connectivity index (χ4v) is 1.02. The largest absolute Gasteiger partial charge is 0.221 e. The van der Waals surface area contributed by atoms with Crippen molar-refractivity contribution in [3.05, 3.63) is 18.0 Å². The Bertz CT molecular complexity index is 290. The minimum absolute atomic E-state index is 0.0110. The molecule has 1 aromatic rings. The molecule has 0 radical (unpaired) electrons. The molecule has 0 amide bonds. The summed E-state index contributed by atoms with van der Waals surface area (Å²) in [4.78, 5) is 12.9. The van der Waals surface area contributed by atoms with E-state index in [1.807, 2.05) is 27.7 Å². The van der Waals surface area contributed by atoms with E-state index in [4.69, 9.17) is 0 Å². The minimum atomic E-state index is -0.0110. The molecule has 1 rings (SSSR count). The number of hydrogen-bond acceptors (Lipinski definition) is 3. The predicted molar refractivity (Wildman–Crippen MR) is 79.9 cm³/mol. The number of aromatic nitrogens is 3. The van der Waals surface area contributed by atoms with Crippen LogP contribution >= 0.6 is 0 Å². The molecule has 0 aliphatic rings. The maximum Gasteiger partial charge on any atom is 0.137 e. The van der Waals surface area contributed by atoms with Crippen LogP contribution in [0.4, 0.5) is 0 Å². The molecule has 0 unspecified atom stereocenters. The maximum atomic E-state index is 4.49. The highest BCUT2D eigenvalue weighted by Gasteiger charge is 2.22. The lowest BCUT2D eigenvalue weighted by molar-refractivity contribution is 0.495. The summed E-state index contributed by atoms with van der Waals surface area (Å²) < 4.78 is 0. The highest BCUT2D eigenvalue weighted by molar-refractivity contribution is 5.07. The average molecular weight is 253 g/mol. The molecule has 0 aliphatic carbocycles. The van der Waals surface area contributed by atoms with Gasteiger partial charge in [0.1, 0.15) is 18.0 Å². The molecule has 0 N–H and O–H groups in total. The van der Waals surface area contributed by atoms with Crippen molar-refractivity contribution in [3.63, 3.8) is 0 Å². The van der Waals surface area contributed by atoms with E-state index in [-0.39, 0.29) is 10.8 Å². The summed E-state index contributed by atoms with van der Waals surface area (Å²) in [5.74, 6) is 1.72. The summed E-state index contributed by atoms with van der Waals surface area (Å²) >= 11 is 0. The smallest absolute Gasteiger partial charge is 0.137 e. The number of nitrogens with zero attached hydrogens (tertiary/aromatic N) is 3. The van der Waals surface area contributed by atoms with E-state index in [2.05, 4.69) is 56.5 Å². The van der Waals surface area contributed by atoms with Gasteiger partial charge in [0, 0.05) is 10.8 Å². The normalized spacial score (nSPS) is 10.8. The zero-order valence-electron chi connectivity index (χ0n) is 13.9. The lowest BCUT2D eigenvalue weighted by Crippen LogP contribution is -2.22. The lowest BCUT2D eigenvalue weighted by atomic mass is 9.93. The number of rotatable bonds is 0. The van der Waals surface area contributed by atoms with E-state index in [1.165, 1.54) is 0 Å². The summed E-state index contributed by atoms with van der Waals surface area (Å²) in [5.41, 5.74) is -0.0219. The van der Waals surface area contributed by atoms with Crippen molar-refractivity contribution in [2.24, 2.45) is 0 Å². The third-order valence-electron chi connectivity index (χ3n) is 1.91. The first kappa shape index (κ1) is 19.4. The Morgan fingerprint density at radius 3 is 1.17 bits per heavy atom. The first-order chi connectivity index (χ1) is 8.21. The molecule has 1 aromatic heterocycles. The fourth-order valence-electron chi connectivity index (χ4n) is 1.02. The monoisotopic (exact) mass is 253 g/mol. The van der Waals surface area contributed by atoms with Crippen LogP contribution in [-0.4, -0.2) is 15.0 Å². The van der Waals surface area contributed by atoms with Crippen molar-refractivity contribution < 1.29 is 0 Å². The van der Waals surface area contributed by atoms with Gasteiger partial charge in [-0.05, 0) is 0 Å². The molecule has 0 saturated heterocycles. The summed E-state index contributed by atoms with van der Waals surface area (Å²) in [6.07, 6.45) is 1.61. The Morgan fingerprint density at radius 2 is 0.944 bits per heavy atom. The van der Waals surface area contributed by atoms with Gasteiger partial charge < -0.3 is 0 Å². The van der Waals surface area contributed by atoms with E-state index < -0.39 is 0 Å². The maximum absolute atomic E-state index is 4.49. The first-order valence-electron chi connectivity index (χ1n) is 6.91. The molecule has 0 spiro atoms. The van der Waals surface area contributed by atoms with E-state index >= 15 is 0 Å². The van der Waals surface area contributed by atoms with E-state index in [0.717, 1.165) is 11.6 Å². The molecule has 0 aromatic carbocycles. The van der Waals surface area contributed by atoms with Crippen LogP contribution in [0.15, 0.2) is 6.33 Å². The molecule has 18 heavy (non-hydrogen) atoms. The van der Waals surface area contributed by atoms with Crippen molar-refractivity contribution in [3.8, 4) is 0 Å². The second-order valence-electron chi connectivity index (χ2n) is 5.63. The van der Waals surface area contributed by atoms with Crippen LogP contribution in [-0.2, 0) is 10.8 Å². The Labute approximate surface area is 113 Å². The molecule has 0 bridgehead atoms. The van der Waals surface area contributed by atoms with Crippen LogP contribution in [0.1, 0.15) is 80.9 Å². The van der Waals surface area contributed by atoms with E-state index in [9.17, 15) is 0 Å². The Kier molecular flexibility index (Phi) is 8.79. The third kappa shape index (κ3) is 6.67. The van der Waals surface area contributed by atoms with Crippen LogP contribution in [0.2, 0.25) is 0 Å². The molecular formula is C15H31N3. The summed E-state index contributed by atoms with van der Waals surface area (Å²) in [5, 5.41) is 0. The lowest BCUT2D eigenvalue weighted by Gasteiger charge is -2.20. The van der Waals surface area contributed by atoms with Crippen molar-refractivity contribution >= 4 is 0 Å². The van der Waals surface area contributed by atoms with Crippen molar-refractivity contribution in [2.45, 2.75) is 80.1 Å². The minimum Gasteiger partial charge on any atom is -0.221 e. The summed E-state index contributed by atoms with van der Waals surface area (Å²) in [6.45, 7) is 20.6. The van der Waals surface area contributed by atoms with Gasteiger partial charge in [-0.2, -0.15) is 0 Å². The van der Waals surface area contributed by atoms with Crippen LogP contribution in [0.5, 0.6) is 0 Å². The molecule has 106 valence electrons. The van der Waals surface area contributed by atoms with Gasteiger partial charge in [0.2, 0.25) is 0 Å². The first-order valence-corrected chi connectivity index (χ1v) is 6.91. The SMILES string of the molecule is CC.CC.CC(C)(C)c1ncnc(C(C)(C)C)n1. The van der Waals surface area contributed by atoms with Gasteiger partial charge >= 0.3 is 0 Å². The Balaban J connectivity index is 0. The molecule has 3 nitrogen and oxygen atoms in total. The molecular weight excluding hydrogens is 222 g/mol. The van der Waals surface area contributed by atoms with Gasteiger partial charge in [0.15, 0.2) is 0 Å². The second kappa shape index (κ2) is 8.17. The average Bonchev–Trinajstić information content (AvgIpc) is 2.32. The highest BCUT2D eigenvalue weighted by Crippen LogP contribution is 2.21. The quantitative estimate of drug-likeness (QED) is 0.682. The molecule has 0 fully saturated rings. The van der Waals surface area contributed by atoms with Gasteiger partial charge in [-0.1, -0.05) is 69.2 Å².